The normalized spacial score (nSPS) is 19.1. The second-order valence-corrected chi connectivity index (χ2v) is 10.0. The Morgan fingerprint density at radius 2 is 1.80 bits per heavy atom. The topological polar surface area (TPSA) is 74.9 Å². The molecule has 1 unspecified atom stereocenters. The Balaban J connectivity index is 1.14. The fraction of sp³-hybridized carbons (Fsp3) is 0.423. The molecule has 8 nitrogen and oxygen atoms in total. The van der Waals surface area contributed by atoms with Crippen LogP contribution in [0.5, 0.6) is 5.75 Å². The Morgan fingerprint density at radius 3 is 2.51 bits per heavy atom. The average Bonchev–Trinajstić information content (AvgIpc) is 3.37. The molecule has 2 aliphatic heterocycles. The molecule has 9 heteroatoms. The third-order valence-electron chi connectivity index (χ3n) is 6.81. The van der Waals surface area contributed by atoms with E-state index in [-0.39, 0.29) is 11.8 Å². The first-order valence-electron chi connectivity index (χ1n) is 12.1. The molecular weight excluding hydrogens is 510 g/mol. The number of halogens is 1. The molecule has 2 saturated heterocycles. The van der Waals surface area contributed by atoms with Crippen LogP contribution in [0.15, 0.2) is 57.5 Å². The van der Waals surface area contributed by atoms with Crippen LogP contribution in [0.1, 0.15) is 18.7 Å². The van der Waals surface area contributed by atoms with Crippen molar-refractivity contribution in [2.45, 2.75) is 19.4 Å². The van der Waals surface area contributed by atoms with Crippen LogP contribution >= 0.6 is 15.9 Å². The van der Waals surface area contributed by atoms with Gasteiger partial charge in [0.25, 0.3) is 0 Å². The zero-order valence-electron chi connectivity index (χ0n) is 19.9. The molecule has 2 aromatic carbocycles. The van der Waals surface area contributed by atoms with Gasteiger partial charge < -0.3 is 19.1 Å². The quantitative estimate of drug-likeness (QED) is 0.467. The summed E-state index contributed by atoms with van der Waals surface area (Å²) in [5.74, 6) is 2.32. The Labute approximate surface area is 214 Å². The molecule has 0 aliphatic carbocycles. The van der Waals surface area contributed by atoms with Gasteiger partial charge in [0.1, 0.15) is 5.75 Å². The van der Waals surface area contributed by atoms with Crippen LogP contribution in [0.4, 0.5) is 5.69 Å². The zero-order valence-corrected chi connectivity index (χ0v) is 21.5. The number of hydrogen-bond acceptors (Lipinski definition) is 7. The number of piperazine rings is 1. The number of rotatable bonds is 6. The molecule has 2 fully saturated rings. The summed E-state index contributed by atoms with van der Waals surface area (Å²) in [6, 6.07) is 16.0. The van der Waals surface area contributed by atoms with Gasteiger partial charge in [-0.05, 0) is 67.9 Å². The number of ether oxygens (including phenoxy) is 1. The fourth-order valence-electron chi connectivity index (χ4n) is 4.86. The fourth-order valence-corrected chi connectivity index (χ4v) is 5.13. The van der Waals surface area contributed by atoms with Gasteiger partial charge in [0.2, 0.25) is 17.6 Å². The first-order valence-corrected chi connectivity index (χ1v) is 12.9. The van der Waals surface area contributed by atoms with E-state index < -0.39 is 0 Å². The number of carbonyl (C=O) groups is 1. The number of benzene rings is 2. The molecule has 2 aliphatic rings. The van der Waals surface area contributed by atoms with Gasteiger partial charge in [-0.25, -0.2) is 0 Å². The smallest absolute Gasteiger partial charge is 0.241 e. The van der Waals surface area contributed by atoms with E-state index >= 15 is 0 Å². The number of nitrogens with zero attached hydrogens (tertiary/aromatic N) is 5. The van der Waals surface area contributed by atoms with Crippen molar-refractivity contribution in [3.63, 3.8) is 0 Å². The monoisotopic (exact) mass is 539 g/mol. The van der Waals surface area contributed by atoms with E-state index in [1.807, 2.05) is 41.3 Å². The minimum Gasteiger partial charge on any atom is -0.497 e. The molecule has 0 radical (unpaired) electrons. The number of piperidine rings is 1. The van der Waals surface area contributed by atoms with E-state index in [1.165, 1.54) is 5.69 Å². The lowest BCUT2D eigenvalue weighted by Gasteiger charge is -2.39. The van der Waals surface area contributed by atoms with Crippen molar-refractivity contribution in [2.75, 3.05) is 51.3 Å². The van der Waals surface area contributed by atoms with E-state index in [9.17, 15) is 4.79 Å². The van der Waals surface area contributed by atoms with Crippen LogP contribution in [0.3, 0.4) is 0 Å². The maximum absolute atomic E-state index is 13.3. The van der Waals surface area contributed by atoms with Crippen LogP contribution in [0, 0.1) is 5.92 Å². The number of methoxy groups -OCH3 is 1. The van der Waals surface area contributed by atoms with Crippen LogP contribution in [0.25, 0.3) is 11.4 Å². The molecular formula is C26H30BrN5O3. The first-order chi connectivity index (χ1) is 17.1. The van der Waals surface area contributed by atoms with E-state index in [1.54, 1.807) is 7.11 Å². The van der Waals surface area contributed by atoms with Gasteiger partial charge in [0.15, 0.2) is 0 Å². The van der Waals surface area contributed by atoms with Gasteiger partial charge in [-0.15, -0.1) is 0 Å². The lowest BCUT2D eigenvalue weighted by Crippen LogP contribution is -2.52. The number of aromatic nitrogens is 2. The van der Waals surface area contributed by atoms with Crippen molar-refractivity contribution >= 4 is 27.5 Å². The number of hydrogen-bond donors (Lipinski definition) is 0. The minimum atomic E-state index is 0.0187. The van der Waals surface area contributed by atoms with Crippen LogP contribution in [0.2, 0.25) is 0 Å². The molecule has 0 N–H and O–H groups in total. The molecule has 5 rings (SSSR count). The summed E-state index contributed by atoms with van der Waals surface area (Å²) in [6.45, 7) is 5.42. The van der Waals surface area contributed by atoms with E-state index in [2.05, 4.69) is 48.0 Å². The summed E-state index contributed by atoms with van der Waals surface area (Å²) in [7, 11) is 1.68. The Bertz CT molecular complexity index is 1130. The molecule has 1 amide bonds. The van der Waals surface area contributed by atoms with Crippen molar-refractivity contribution in [3.05, 3.63) is 58.9 Å². The largest absolute Gasteiger partial charge is 0.497 e. The molecule has 0 bridgehead atoms. The van der Waals surface area contributed by atoms with E-state index in [0.29, 0.717) is 18.3 Å². The summed E-state index contributed by atoms with van der Waals surface area (Å²) in [6.07, 6.45) is 1.93. The Kier molecular flexibility index (Phi) is 7.34. The Morgan fingerprint density at radius 1 is 1.06 bits per heavy atom. The van der Waals surface area contributed by atoms with Crippen molar-refractivity contribution in [1.29, 1.82) is 0 Å². The second-order valence-electron chi connectivity index (χ2n) is 9.10. The van der Waals surface area contributed by atoms with E-state index in [4.69, 9.17) is 9.26 Å². The number of amides is 1. The Hall–Kier alpha value is -2.91. The van der Waals surface area contributed by atoms with Crippen molar-refractivity contribution in [3.8, 4) is 17.1 Å². The van der Waals surface area contributed by atoms with Gasteiger partial charge in [0, 0.05) is 48.4 Å². The van der Waals surface area contributed by atoms with Crippen molar-refractivity contribution in [1.82, 2.24) is 19.9 Å². The van der Waals surface area contributed by atoms with Crippen LogP contribution in [-0.2, 0) is 11.3 Å². The first kappa shape index (κ1) is 23.8. The third kappa shape index (κ3) is 5.67. The van der Waals surface area contributed by atoms with E-state index in [0.717, 1.165) is 67.9 Å². The average molecular weight is 540 g/mol. The third-order valence-corrected chi connectivity index (χ3v) is 7.34. The second kappa shape index (κ2) is 10.8. The molecule has 3 heterocycles. The maximum atomic E-state index is 13.3. The van der Waals surface area contributed by atoms with Gasteiger partial charge in [-0.1, -0.05) is 21.1 Å². The minimum absolute atomic E-state index is 0.0187. The lowest BCUT2D eigenvalue weighted by molar-refractivity contribution is -0.137. The predicted molar refractivity (Wildman–Crippen MR) is 137 cm³/mol. The lowest BCUT2D eigenvalue weighted by atomic mass is 9.96. The van der Waals surface area contributed by atoms with Crippen LogP contribution < -0.4 is 9.64 Å². The van der Waals surface area contributed by atoms with Crippen molar-refractivity contribution < 1.29 is 14.1 Å². The number of likely N-dealkylation sites (tertiary alicyclic amines) is 1. The molecule has 0 saturated carbocycles. The SMILES string of the molecule is COc1ccc(N2CCN(C(=O)C3CCCN(Cc4nc(-c5ccc(Br)cc5)no4)C3)CC2)cc1. The van der Waals surface area contributed by atoms with Gasteiger partial charge in [-0.3, -0.25) is 9.69 Å². The van der Waals surface area contributed by atoms with Crippen molar-refractivity contribution in [2.24, 2.45) is 5.92 Å². The number of anilines is 1. The summed E-state index contributed by atoms with van der Waals surface area (Å²) < 4.78 is 11.8. The van der Waals surface area contributed by atoms with Gasteiger partial charge in [-0.2, -0.15) is 4.98 Å². The summed E-state index contributed by atoms with van der Waals surface area (Å²) in [5, 5.41) is 4.14. The molecule has 35 heavy (non-hydrogen) atoms. The standard InChI is InChI=1S/C26H30BrN5O3/c1-34-23-10-8-22(9-11-23)31-13-15-32(16-14-31)26(33)20-3-2-12-30(17-20)18-24-28-25(29-35-24)19-4-6-21(27)7-5-19/h4-11,20H,2-3,12-18H2,1H3. The molecule has 184 valence electrons. The summed E-state index contributed by atoms with van der Waals surface area (Å²) in [4.78, 5) is 24.5. The highest BCUT2D eigenvalue weighted by molar-refractivity contribution is 9.10. The highest BCUT2D eigenvalue weighted by atomic mass is 79.9. The highest BCUT2D eigenvalue weighted by Crippen LogP contribution is 2.25. The predicted octanol–water partition coefficient (Wildman–Crippen LogP) is 4.07. The number of carbonyl (C=O) groups excluding carboxylic acids is 1. The maximum Gasteiger partial charge on any atom is 0.241 e. The van der Waals surface area contributed by atoms with Crippen LogP contribution in [-0.4, -0.2) is 72.2 Å². The highest BCUT2D eigenvalue weighted by Gasteiger charge is 2.31. The zero-order chi connectivity index (χ0) is 24.2. The molecule has 1 aromatic heterocycles. The summed E-state index contributed by atoms with van der Waals surface area (Å²) >= 11 is 3.44. The molecule has 0 spiro atoms. The molecule has 1 atom stereocenters. The van der Waals surface area contributed by atoms with Gasteiger partial charge in [0.05, 0.1) is 19.6 Å². The summed E-state index contributed by atoms with van der Waals surface area (Å²) in [5.41, 5.74) is 2.09. The molecule has 3 aromatic rings. The van der Waals surface area contributed by atoms with Gasteiger partial charge >= 0.3 is 0 Å².